The van der Waals surface area contributed by atoms with Crippen molar-refractivity contribution < 1.29 is 45.5 Å². The number of alkyl halides is 6. The number of halogens is 8. The first-order valence-corrected chi connectivity index (χ1v) is 12.5. The van der Waals surface area contributed by atoms with E-state index >= 15 is 0 Å². The van der Waals surface area contributed by atoms with Crippen molar-refractivity contribution in [3.05, 3.63) is 75.8 Å². The molecule has 2 aliphatic heterocycles. The molecule has 2 aliphatic rings. The van der Waals surface area contributed by atoms with Crippen molar-refractivity contribution in [3.8, 4) is 5.75 Å². The van der Waals surface area contributed by atoms with Gasteiger partial charge in [0.25, 0.3) is 11.7 Å². The van der Waals surface area contributed by atoms with E-state index < -0.39 is 53.2 Å². The molecule has 8 nitrogen and oxygen atoms in total. The molecular weight excluding hydrogens is 605 g/mol. The van der Waals surface area contributed by atoms with Crippen molar-refractivity contribution in [1.29, 1.82) is 0 Å². The third-order valence-electron chi connectivity index (χ3n) is 6.89. The minimum absolute atomic E-state index is 0.00108. The average Bonchev–Trinajstić information content (AvgIpc) is 3.52. The number of ether oxygens (including phenoxy) is 1. The van der Waals surface area contributed by atoms with E-state index in [2.05, 4.69) is 14.7 Å². The van der Waals surface area contributed by atoms with Gasteiger partial charge >= 0.3 is 18.6 Å². The normalized spacial score (nSPS) is 21.0. The SMILES string of the molecule is O=C1N(c2cc(Cl)nc(Cl)c2)C(=O)[C@]2(Cc3ccc(OC(F)(F)F)cc3)C[C@@H](c3cc[nH]c3C(=O)C(F)(F)F)CN12. The Morgan fingerprint density at radius 1 is 1.05 bits per heavy atom. The van der Waals surface area contributed by atoms with Crippen LogP contribution in [0.25, 0.3) is 0 Å². The number of rotatable bonds is 6. The summed E-state index contributed by atoms with van der Waals surface area (Å²) in [6.45, 7) is -0.237. The maximum Gasteiger partial charge on any atom is 0.573 e. The lowest BCUT2D eigenvalue weighted by atomic mass is 9.83. The van der Waals surface area contributed by atoms with Gasteiger partial charge in [-0.05, 0) is 47.9 Å². The van der Waals surface area contributed by atoms with Gasteiger partial charge in [0.05, 0.1) is 11.4 Å². The van der Waals surface area contributed by atoms with Crippen LogP contribution in [0.3, 0.4) is 0 Å². The number of H-pyrrole nitrogens is 1. The molecule has 2 saturated heterocycles. The Morgan fingerprint density at radius 2 is 1.68 bits per heavy atom. The molecule has 216 valence electrons. The lowest BCUT2D eigenvalue weighted by Crippen LogP contribution is -2.47. The summed E-state index contributed by atoms with van der Waals surface area (Å²) >= 11 is 11.9. The summed E-state index contributed by atoms with van der Waals surface area (Å²) in [4.78, 5) is 47.8. The number of hydrogen-bond acceptors (Lipinski definition) is 5. The number of aromatic amines is 1. The third-order valence-corrected chi connectivity index (χ3v) is 7.28. The fourth-order valence-electron chi connectivity index (χ4n) is 5.32. The second kappa shape index (κ2) is 9.94. The molecule has 2 atom stereocenters. The molecule has 4 heterocycles. The monoisotopic (exact) mass is 620 g/mol. The van der Waals surface area contributed by atoms with Gasteiger partial charge in [-0.1, -0.05) is 35.3 Å². The van der Waals surface area contributed by atoms with Gasteiger partial charge in [-0.3, -0.25) is 9.59 Å². The molecule has 2 aromatic heterocycles. The summed E-state index contributed by atoms with van der Waals surface area (Å²) in [6, 6.07) is 7.52. The highest BCUT2D eigenvalue weighted by Gasteiger charge is 2.62. The number of amides is 3. The maximum atomic E-state index is 14.0. The number of hydrogen-bond donors (Lipinski definition) is 1. The molecule has 0 bridgehead atoms. The highest BCUT2D eigenvalue weighted by molar-refractivity contribution is 6.33. The van der Waals surface area contributed by atoms with Crippen molar-refractivity contribution in [1.82, 2.24) is 14.9 Å². The van der Waals surface area contributed by atoms with Gasteiger partial charge in [-0.25, -0.2) is 14.7 Å². The molecule has 16 heteroatoms. The maximum absolute atomic E-state index is 14.0. The van der Waals surface area contributed by atoms with Gasteiger partial charge in [0.15, 0.2) is 0 Å². The summed E-state index contributed by atoms with van der Waals surface area (Å²) in [5.41, 5.74) is -2.08. The largest absolute Gasteiger partial charge is 0.573 e. The molecule has 3 amide bonds. The van der Waals surface area contributed by atoms with Crippen LogP contribution >= 0.6 is 23.2 Å². The topological polar surface area (TPSA) is 95.6 Å². The average molecular weight is 621 g/mol. The van der Waals surface area contributed by atoms with E-state index in [1.807, 2.05) is 0 Å². The number of urea groups is 1. The molecule has 3 aromatic rings. The number of carbonyl (C=O) groups excluding carboxylic acids is 3. The number of aromatic nitrogens is 2. The fraction of sp³-hybridized carbons (Fsp3) is 0.280. The smallest absolute Gasteiger partial charge is 0.406 e. The number of anilines is 1. The number of Topliss-reactive ketones (excluding diaryl/α,β-unsaturated/α-hetero) is 1. The van der Waals surface area contributed by atoms with Crippen molar-refractivity contribution in [2.45, 2.75) is 36.8 Å². The second-order valence-electron chi connectivity index (χ2n) is 9.44. The Bertz CT molecular complexity index is 1520. The van der Waals surface area contributed by atoms with Crippen LogP contribution in [0.1, 0.15) is 34.0 Å². The minimum atomic E-state index is -5.17. The van der Waals surface area contributed by atoms with Gasteiger partial charge in [-0.15, -0.1) is 13.2 Å². The molecule has 1 aromatic carbocycles. The van der Waals surface area contributed by atoms with E-state index in [0.29, 0.717) is 5.56 Å². The summed E-state index contributed by atoms with van der Waals surface area (Å²) in [6.07, 6.45) is -9.36. The fourth-order valence-corrected chi connectivity index (χ4v) is 5.77. The Balaban J connectivity index is 1.54. The van der Waals surface area contributed by atoms with Crippen molar-refractivity contribution in [2.24, 2.45) is 0 Å². The van der Waals surface area contributed by atoms with Crippen LogP contribution in [0.2, 0.25) is 10.3 Å². The van der Waals surface area contributed by atoms with Crippen molar-refractivity contribution in [3.63, 3.8) is 0 Å². The molecule has 0 aliphatic carbocycles. The second-order valence-corrected chi connectivity index (χ2v) is 10.2. The first-order chi connectivity index (χ1) is 19.1. The first-order valence-electron chi connectivity index (χ1n) is 11.7. The predicted octanol–water partition coefficient (Wildman–Crippen LogP) is 6.30. The van der Waals surface area contributed by atoms with E-state index in [9.17, 15) is 40.7 Å². The van der Waals surface area contributed by atoms with Crippen molar-refractivity contribution in [2.75, 3.05) is 11.4 Å². The van der Waals surface area contributed by atoms with E-state index in [1.165, 1.54) is 35.2 Å². The van der Waals surface area contributed by atoms with Crippen LogP contribution in [-0.4, -0.2) is 57.2 Å². The Kier molecular flexibility index (Phi) is 6.97. The van der Waals surface area contributed by atoms with E-state index in [1.54, 1.807) is 0 Å². The highest BCUT2D eigenvalue weighted by atomic mass is 35.5. The molecule has 41 heavy (non-hydrogen) atoms. The standard InChI is InChI=1S/C25H16Cl2F6N4O4/c26-17-7-14(8-18(27)35-17)37-21(39)23(9-12-1-3-15(4-2-12)41-25(31,32)33)10-13(11-36(23)22(37)40)16-5-6-34-19(16)20(38)24(28,29)30/h1-8,13,34H,9-11H2/t13-,23+/m1/s1. The highest BCUT2D eigenvalue weighted by Crippen LogP contribution is 2.48. The van der Waals surface area contributed by atoms with E-state index in [0.717, 1.165) is 23.2 Å². The van der Waals surface area contributed by atoms with Crippen molar-refractivity contribution >= 4 is 46.6 Å². The predicted molar refractivity (Wildman–Crippen MR) is 132 cm³/mol. The number of imide groups is 1. The Morgan fingerprint density at radius 3 is 2.27 bits per heavy atom. The molecule has 0 saturated carbocycles. The van der Waals surface area contributed by atoms with Crippen LogP contribution in [0, 0.1) is 0 Å². The zero-order valence-corrected chi connectivity index (χ0v) is 21.8. The number of ketones is 1. The first kappa shape index (κ1) is 28.7. The summed E-state index contributed by atoms with van der Waals surface area (Å²) in [5, 5.41) is -0.232. The van der Waals surface area contributed by atoms with Gasteiger partial charge in [0.1, 0.15) is 21.6 Å². The molecular formula is C25H16Cl2F6N4O4. The number of benzene rings is 1. The van der Waals surface area contributed by atoms with Gasteiger partial charge in [0, 0.05) is 25.1 Å². The summed E-state index contributed by atoms with van der Waals surface area (Å²) < 4.78 is 81.4. The number of nitrogens with one attached hydrogen (secondary N) is 1. The van der Waals surface area contributed by atoms with E-state index in [-0.39, 0.29) is 40.9 Å². The Hall–Kier alpha value is -3.78. The lowest BCUT2D eigenvalue weighted by molar-refractivity contribution is -0.274. The summed E-state index contributed by atoms with van der Waals surface area (Å²) in [7, 11) is 0. The molecule has 1 N–H and O–H groups in total. The number of fused-ring (bicyclic) bond motifs is 1. The van der Waals surface area contributed by atoms with E-state index in [4.69, 9.17) is 23.2 Å². The van der Waals surface area contributed by atoms with Crippen LogP contribution in [0.4, 0.5) is 36.8 Å². The summed E-state index contributed by atoms with van der Waals surface area (Å²) in [5.74, 6) is -4.26. The molecule has 0 spiro atoms. The number of nitrogens with zero attached hydrogens (tertiary/aromatic N) is 3. The molecule has 5 rings (SSSR count). The molecule has 0 radical (unpaired) electrons. The molecule has 2 fully saturated rings. The number of pyridine rings is 1. The van der Waals surface area contributed by atoms with Gasteiger partial charge in [0.2, 0.25) is 0 Å². The van der Waals surface area contributed by atoms with Crippen LogP contribution in [0.15, 0.2) is 48.7 Å². The van der Waals surface area contributed by atoms with Crippen LogP contribution < -0.4 is 9.64 Å². The lowest BCUT2D eigenvalue weighted by Gasteiger charge is -2.28. The van der Waals surface area contributed by atoms with Gasteiger partial charge < -0.3 is 14.6 Å². The van der Waals surface area contributed by atoms with Crippen LogP contribution in [-0.2, 0) is 11.2 Å². The van der Waals surface area contributed by atoms with Crippen LogP contribution in [0.5, 0.6) is 5.75 Å². The minimum Gasteiger partial charge on any atom is -0.406 e. The number of carbonyl (C=O) groups is 3. The zero-order chi connectivity index (χ0) is 29.9. The third kappa shape index (κ3) is 5.33. The quantitative estimate of drug-likeness (QED) is 0.151. The zero-order valence-electron chi connectivity index (χ0n) is 20.3. The Labute approximate surface area is 236 Å². The van der Waals surface area contributed by atoms with Gasteiger partial charge in [-0.2, -0.15) is 13.2 Å². The molecule has 0 unspecified atom stereocenters.